The first-order valence-electron chi connectivity index (χ1n) is 5.72. The smallest absolute Gasteiger partial charge is 0.243 e. The summed E-state index contributed by atoms with van der Waals surface area (Å²) in [4.78, 5) is 11.4. The predicted octanol–water partition coefficient (Wildman–Crippen LogP) is 2.65. The molecule has 1 amide bonds. The van der Waals surface area contributed by atoms with Gasteiger partial charge in [-0.2, -0.15) is 0 Å². The predicted molar refractivity (Wildman–Crippen MR) is 59.0 cm³/mol. The van der Waals surface area contributed by atoms with Crippen molar-refractivity contribution in [2.45, 2.75) is 46.0 Å². The molecule has 1 N–H and O–H groups in total. The van der Waals surface area contributed by atoms with E-state index in [0.29, 0.717) is 5.92 Å². The first kappa shape index (κ1) is 11.3. The van der Waals surface area contributed by atoms with Crippen LogP contribution >= 0.6 is 0 Å². The SMILES string of the molecule is CCCNC(=O)/C=C1\CCCCC1C. The maximum Gasteiger partial charge on any atom is 0.243 e. The number of hydrogen-bond donors (Lipinski definition) is 1. The molecule has 0 aliphatic heterocycles. The number of allylic oxidation sites excluding steroid dienone is 1. The van der Waals surface area contributed by atoms with Crippen LogP contribution in [-0.4, -0.2) is 12.5 Å². The summed E-state index contributed by atoms with van der Waals surface area (Å²) in [5.41, 5.74) is 1.34. The molecule has 2 nitrogen and oxygen atoms in total. The van der Waals surface area contributed by atoms with Crippen LogP contribution in [0.5, 0.6) is 0 Å². The number of carbonyl (C=O) groups excluding carboxylic acids is 1. The second-order valence-corrected chi connectivity index (χ2v) is 4.16. The number of nitrogens with one attached hydrogen (secondary N) is 1. The lowest BCUT2D eigenvalue weighted by atomic mass is 9.85. The van der Waals surface area contributed by atoms with Crippen molar-refractivity contribution in [2.24, 2.45) is 5.92 Å². The van der Waals surface area contributed by atoms with Crippen molar-refractivity contribution in [1.29, 1.82) is 0 Å². The summed E-state index contributed by atoms with van der Waals surface area (Å²) in [6.07, 6.45) is 7.74. The van der Waals surface area contributed by atoms with Crippen molar-refractivity contribution in [3.63, 3.8) is 0 Å². The third-order valence-electron chi connectivity index (χ3n) is 2.85. The summed E-state index contributed by atoms with van der Waals surface area (Å²) in [7, 11) is 0. The van der Waals surface area contributed by atoms with Gasteiger partial charge in [-0.25, -0.2) is 0 Å². The van der Waals surface area contributed by atoms with Gasteiger partial charge in [0.05, 0.1) is 0 Å². The number of rotatable bonds is 3. The normalized spacial score (nSPS) is 25.0. The van der Waals surface area contributed by atoms with Crippen molar-refractivity contribution in [2.75, 3.05) is 6.54 Å². The van der Waals surface area contributed by atoms with Crippen molar-refractivity contribution in [1.82, 2.24) is 5.32 Å². The molecule has 1 fully saturated rings. The van der Waals surface area contributed by atoms with Crippen LogP contribution < -0.4 is 5.32 Å². The molecule has 1 aliphatic carbocycles. The third kappa shape index (κ3) is 3.52. The van der Waals surface area contributed by atoms with Crippen LogP contribution in [0.1, 0.15) is 46.0 Å². The van der Waals surface area contributed by atoms with E-state index in [2.05, 4.69) is 19.2 Å². The van der Waals surface area contributed by atoms with E-state index in [1.54, 1.807) is 0 Å². The quantitative estimate of drug-likeness (QED) is 0.689. The Balaban J connectivity index is 2.44. The Labute approximate surface area is 86.8 Å². The molecule has 0 radical (unpaired) electrons. The summed E-state index contributed by atoms with van der Waals surface area (Å²) < 4.78 is 0. The molecule has 1 rings (SSSR count). The molecule has 1 aliphatic rings. The highest BCUT2D eigenvalue weighted by Gasteiger charge is 2.14. The minimum atomic E-state index is 0.0931. The average molecular weight is 195 g/mol. The zero-order chi connectivity index (χ0) is 10.4. The average Bonchev–Trinajstić information content (AvgIpc) is 2.18. The molecule has 0 bridgehead atoms. The highest BCUT2D eigenvalue weighted by Crippen LogP contribution is 2.28. The van der Waals surface area contributed by atoms with E-state index in [9.17, 15) is 4.79 Å². The third-order valence-corrected chi connectivity index (χ3v) is 2.85. The second kappa shape index (κ2) is 5.84. The van der Waals surface area contributed by atoms with E-state index in [0.717, 1.165) is 19.4 Å². The van der Waals surface area contributed by atoms with Gasteiger partial charge in [0.25, 0.3) is 0 Å². The van der Waals surface area contributed by atoms with E-state index in [1.807, 2.05) is 6.08 Å². The van der Waals surface area contributed by atoms with Crippen molar-refractivity contribution >= 4 is 5.91 Å². The summed E-state index contributed by atoms with van der Waals surface area (Å²) in [5.74, 6) is 0.701. The van der Waals surface area contributed by atoms with Gasteiger partial charge in [-0.05, 0) is 31.6 Å². The number of hydrogen-bond acceptors (Lipinski definition) is 1. The molecule has 80 valence electrons. The monoisotopic (exact) mass is 195 g/mol. The van der Waals surface area contributed by atoms with E-state index in [4.69, 9.17) is 0 Å². The van der Waals surface area contributed by atoms with Crippen LogP contribution in [-0.2, 0) is 4.79 Å². The Morgan fingerprint density at radius 1 is 1.57 bits per heavy atom. The molecule has 0 saturated heterocycles. The van der Waals surface area contributed by atoms with Gasteiger partial charge in [0.1, 0.15) is 0 Å². The number of carbonyl (C=O) groups is 1. The molecule has 2 heteroatoms. The standard InChI is InChI=1S/C12H21NO/c1-3-8-13-12(14)9-11-7-5-4-6-10(11)2/h9-10H,3-8H2,1-2H3,(H,13,14)/b11-9+. The van der Waals surface area contributed by atoms with Crippen LogP contribution in [0.4, 0.5) is 0 Å². The highest BCUT2D eigenvalue weighted by molar-refractivity contribution is 5.88. The van der Waals surface area contributed by atoms with Gasteiger partial charge in [0.15, 0.2) is 0 Å². The van der Waals surface area contributed by atoms with E-state index < -0.39 is 0 Å². The van der Waals surface area contributed by atoms with Gasteiger partial charge in [-0.15, -0.1) is 0 Å². The number of amides is 1. The van der Waals surface area contributed by atoms with Gasteiger partial charge in [0.2, 0.25) is 5.91 Å². The van der Waals surface area contributed by atoms with Gasteiger partial charge in [-0.3, -0.25) is 4.79 Å². The molecule has 0 aromatic heterocycles. The zero-order valence-electron chi connectivity index (χ0n) is 9.31. The Hall–Kier alpha value is -0.790. The van der Waals surface area contributed by atoms with Crippen molar-refractivity contribution in [3.8, 4) is 0 Å². The maximum absolute atomic E-state index is 11.4. The highest BCUT2D eigenvalue weighted by atomic mass is 16.1. The van der Waals surface area contributed by atoms with Gasteiger partial charge in [0, 0.05) is 12.6 Å². The van der Waals surface area contributed by atoms with Crippen LogP contribution in [0.3, 0.4) is 0 Å². The second-order valence-electron chi connectivity index (χ2n) is 4.16. The fourth-order valence-corrected chi connectivity index (χ4v) is 1.89. The van der Waals surface area contributed by atoms with Crippen LogP contribution in [0.2, 0.25) is 0 Å². The molecule has 0 heterocycles. The zero-order valence-corrected chi connectivity index (χ0v) is 9.31. The molecule has 1 saturated carbocycles. The Morgan fingerprint density at radius 2 is 2.36 bits per heavy atom. The minimum absolute atomic E-state index is 0.0931. The first-order valence-corrected chi connectivity index (χ1v) is 5.72. The van der Waals surface area contributed by atoms with Gasteiger partial charge >= 0.3 is 0 Å². The van der Waals surface area contributed by atoms with Gasteiger partial charge in [-0.1, -0.05) is 25.8 Å². The largest absolute Gasteiger partial charge is 0.353 e. The minimum Gasteiger partial charge on any atom is -0.353 e. The lowest BCUT2D eigenvalue weighted by molar-refractivity contribution is -0.116. The van der Waals surface area contributed by atoms with E-state index >= 15 is 0 Å². The van der Waals surface area contributed by atoms with Gasteiger partial charge < -0.3 is 5.32 Å². The Kier molecular flexibility index (Phi) is 4.71. The topological polar surface area (TPSA) is 29.1 Å². The molecule has 14 heavy (non-hydrogen) atoms. The summed E-state index contributed by atoms with van der Waals surface area (Å²) >= 11 is 0. The summed E-state index contributed by atoms with van der Waals surface area (Å²) in [6, 6.07) is 0. The molecule has 1 unspecified atom stereocenters. The molecular formula is C12H21NO. The summed E-state index contributed by atoms with van der Waals surface area (Å²) in [5, 5.41) is 2.88. The molecule has 0 aromatic carbocycles. The fraction of sp³-hybridized carbons (Fsp3) is 0.750. The van der Waals surface area contributed by atoms with Crippen LogP contribution in [0, 0.1) is 5.92 Å². The van der Waals surface area contributed by atoms with Crippen molar-refractivity contribution < 1.29 is 4.79 Å². The summed E-state index contributed by atoms with van der Waals surface area (Å²) in [6.45, 7) is 5.08. The first-order chi connectivity index (χ1) is 6.74. The fourth-order valence-electron chi connectivity index (χ4n) is 1.89. The molecular weight excluding hydrogens is 174 g/mol. The molecule has 1 atom stereocenters. The Bertz CT molecular complexity index is 220. The molecule has 0 spiro atoms. The van der Waals surface area contributed by atoms with Crippen LogP contribution in [0.15, 0.2) is 11.6 Å². The lowest BCUT2D eigenvalue weighted by Gasteiger charge is -2.21. The van der Waals surface area contributed by atoms with Crippen LogP contribution in [0.25, 0.3) is 0 Å². The van der Waals surface area contributed by atoms with Crippen molar-refractivity contribution in [3.05, 3.63) is 11.6 Å². The van der Waals surface area contributed by atoms with E-state index in [-0.39, 0.29) is 5.91 Å². The molecule has 0 aromatic rings. The Morgan fingerprint density at radius 3 is 3.00 bits per heavy atom. The maximum atomic E-state index is 11.4. The lowest BCUT2D eigenvalue weighted by Crippen LogP contribution is -2.23. The van der Waals surface area contributed by atoms with E-state index in [1.165, 1.54) is 24.8 Å².